The largest absolute Gasteiger partial charge is 1.00 e. The quantitative estimate of drug-likeness (QED) is 0.0274. The van der Waals surface area contributed by atoms with Crippen LogP contribution in [0.5, 0.6) is 0 Å². The molecule has 3 aliphatic heterocycles. The number of carbonyl (C=O) groups is 3. The summed E-state index contributed by atoms with van der Waals surface area (Å²) in [5.41, 5.74) is 12.4. The van der Waals surface area contributed by atoms with Crippen molar-refractivity contribution in [3.05, 3.63) is 166 Å². The first-order valence-corrected chi connectivity index (χ1v) is 30.5. The maximum atomic E-state index is 13.1. The first-order chi connectivity index (χ1) is 37.1. The summed E-state index contributed by atoms with van der Waals surface area (Å²) in [5, 5.41) is 3.92. The zero-order valence-electron chi connectivity index (χ0n) is 47.7. The maximum absolute atomic E-state index is 13.1. The van der Waals surface area contributed by atoms with Gasteiger partial charge in [-0.05, 0) is 157 Å². The van der Waals surface area contributed by atoms with Gasteiger partial charge in [-0.25, -0.2) is 16.8 Å². The summed E-state index contributed by atoms with van der Waals surface area (Å²) in [6, 6.07) is 28.0. The Hall–Kier alpha value is -4.58. The topological polar surface area (TPSA) is 175 Å². The van der Waals surface area contributed by atoms with E-state index in [0.29, 0.717) is 37.6 Å². The number of nitrogens with zero attached hydrogens (tertiary/aromatic N) is 3. The number of imide groups is 1. The van der Waals surface area contributed by atoms with Gasteiger partial charge in [-0.15, -0.1) is 0 Å². The van der Waals surface area contributed by atoms with Crippen LogP contribution in [0.3, 0.4) is 0 Å². The number of benzene rings is 5. The summed E-state index contributed by atoms with van der Waals surface area (Å²) >= 11 is 0. The second-order valence-electron chi connectivity index (χ2n) is 22.4. The third kappa shape index (κ3) is 13.6. The van der Waals surface area contributed by atoms with Crippen molar-refractivity contribution in [1.29, 1.82) is 0 Å². The van der Waals surface area contributed by atoms with E-state index in [-0.39, 0.29) is 106 Å². The van der Waals surface area contributed by atoms with Crippen LogP contribution in [0.1, 0.15) is 133 Å². The fourth-order valence-electron chi connectivity index (χ4n) is 12.3. The molecule has 0 N–H and O–H groups in total. The van der Waals surface area contributed by atoms with E-state index >= 15 is 0 Å². The Morgan fingerprint density at radius 2 is 1.38 bits per heavy atom. The van der Waals surface area contributed by atoms with E-state index in [2.05, 4.69) is 130 Å². The van der Waals surface area contributed by atoms with Gasteiger partial charge in [-0.2, -0.15) is 4.58 Å². The van der Waals surface area contributed by atoms with Crippen molar-refractivity contribution >= 4 is 82.0 Å². The molecule has 0 unspecified atom stereocenters. The predicted molar refractivity (Wildman–Crippen MR) is 308 cm³/mol. The Morgan fingerprint density at radius 1 is 0.700 bits per heavy atom. The molecule has 0 atom stereocenters. The number of ketones is 1. The fraction of sp³-hybridized carbons (Fsp3) is 0.375. The number of anilines is 1. The van der Waals surface area contributed by atoms with Crippen LogP contribution in [-0.2, 0) is 51.9 Å². The van der Waals surface area contributed by atoms with Crippen molar-refractivity contribution in [1.82, 2.24) is 4.90 Å². The van der Waals surface area contributed by atoms with E-state index in [0.717, 1.165) is 94.6 Å². The third-order valence-corrected chi connectivity index (χ3v) is 17.8. The number of unbranched alkanes of at least 4 members (excludes halogenated alkanes) is 3. The van der Waals surface area contributed by atoms with Crippen LogP contribution in [0.25, 0.3) is 27.1 Å². The van der Waals surface area contributed by atoms with Gasteiger partial charge >= 0.3 is 59.1 Å². The van der Waals surface area contributed by atoms with Gasteiger partial charge in [-0.1, -0.05) is 99.5 Å². The van der Waals surface area contributed by atoms with E-state index in [4.69, 9.17) is 0 Å². The molecule has 4 aliphatic rings. The number of carbonyl (C=O) groups excluding carboxylic acids is 3. The summed E-state index contributed by atoms with van der Waals surface area (Å²) in [6.45, 7) is 14.8. The molecular weight excluding hydrogens is 1060 g/mol. The third-order valence-electron chi connectivity index (χ3n) is 16.2. The van der Waals surface area contributed by atoms with Gasteiger partial charge in [0.1, 0.15) is 22.4 Å². The average Bonchev–Trinajstić information content (AvgIpc) is 4.10. The Kier molecular flexibility index (Phi) is 20.4. The minimum Gasteiger partial charge on any atom is -0.748 e. The number of Topliss-reactive ketones (excluding diaryl/α,β-unsaturated/α-hetero) is 1. The molecule has 9 rings (SSSR count). The number of aryl methyl sites for hydroxylation is 2. The zero-order chi connectivity index (χ0) is 55.7. The van der Waals surface area contributed by atoms with E-state index in [1.807, 2.05) is 12.1 Å². The number of rotatable bonds is 21. The fourth-order valence-corrected chi connectivity index (χ4v) is 13.4. The Balaban J connectivity index is 0.00000462. The summed E-state index contributed by atoms with van der Waals surface area (Å²) < 4.78 is 73.9. The molecule has 0 radical (unpaired) electrons. The number of fused-ring (bicyclic) bond motifs is 6. The molecule has 0 aromatic heterocycles. The Morgan fingerprint density at radius 3 is 2.08 bits per heavy atom. The molecule has 80 heavy (non-hydrogen) atoms. The average molecular weight is 1140 g/mol. The van der Waals surface area contributed by atoms with Crippen LogP contribution in [0.2, 0.25) is 0 Å². The number of allylic oxidation sites excluding steroid dienone is 8. The van der Waals surface area contributed by atoms with Gasteiger partial charge in [0.05, 0.1) is 20.4 Å². The van der Waals surface area contributed by atoms with Crippen LogP contribution in [0.4, 0.5) is 11.4 Å². The Bertz CT molecular complexity index is 3670. The van der Waals surface area contributed by atoms with Crippen LogP contribution < -0.4 is 64.0 Å². The van der Waals surface area contributed by atoms with Crippen LogP contribution in [0, 0.1) is 6.92 Å². The van der Waals surface area contributed by atoms with E-state index in [1.165, 1.54) is 63.2 Å². The molecule has 0 bridgehead atoms. The molecule has 0 fully saturated rings. The molecule has 16 heteroatoms. The summed E-state index contributed by atoms with van der Waals surface area (Å²) in [6.07, 6.45) is 19.6. The van der Waals surface area contributed by atoms with Crippen molar-refractivity contribution < 1.29 is 104 Å². The predicted octanol–water partition coefficient (Wildman–Crippen LogP) is 6.11. The molecule has 2 amide bonds. The number of hydrogen-bond acceptors (Lipinski definition) is 10. The molecule has 5 aromatic carbocycles. The van der Waals surface area contributed by atoms with E-state index < -0.39 is 31.4 Å². The number of amides is 2. The van der Waals surface area contributed by atoms with Crippen LogP contribution in [-0.4, -0.2) is 84.1 Å². The van der Waals surface area contributed by atoms with Crippen LogP contribution >= 0.6 is 0 Å². The number of hydrogen-bond donors (Lipinski definition) is 0. The van der Waals surface area contributed by atoms with Crippen molar-refractivity contribution in [2.75, 3.05) is 30.3 Å². The van der Waals surface area contributed by atoms with Crippen LogP contribution in [0.15, 0.2) is 143 Å². The summed E-state index contributed by atoms with van der Waals surface area (Å²) in [7, 11) is -9.12. The van der Waals surface area contributed by atoms with Gasteiger partial charge in [0, 0.05) is 84.8 Å². The molecule has 3 heterocycles. The van der Waals surface area contributed by atoms with Crippen molar-refractivity contribution in [3.63, 3.8) is 0 Å². The van der Waals surface area contributed by atoms with Crippen molar-refractivity contribution in [2.24, 2.45) is 0 Å². The second kappa shape index (κ2) is 25.9. The molecule has 1 aliphatic carbocycles. The van der Waals surface area contributed by atoms with Gasteiger partial charge in [0.15, 0.2) is 5.71 Å². The molecule has 5 aromatic rings. The van der Waals surface area contributed by atoms with Gasteiger partial charge in [0.2, 0.25) is 5.69 Å². The monoisotopic (exact) mass is 1130 g/mol. The SMILES string of the molecule is CCCCC[N+]1=C(/C=C/C2=C(c3ccc(CCC(=O)CCCN4C(=O)C=CC4=O)cc3)C(=C/C=C3/N(CCCCS(=O)(=O)[O-])c4ccc5cc(S(=O)(=O)[O-])ccc5c4C3(C)C)/CCC2)C(C)(C)c2c1ccc1cc(C)ccc21.[Na+].[Na+]. The molecule has 408 valence electrons. The molecular formula is C64H70N3Na2O9S2+. The van der Waals surface area contributed by atoms with Crippen molar-refractivity contribution in [3.8, 4) is 0 Å². The zero-order valence-corrected chi connectivity index (χ0v) is 53.3. The van der Waals surface area contributed by atoms with Gasteiger partial charge in [-0.3, -0.25) is 19.3 Å². The molecule has 0 spiro atoms. The minimum absolute atomic E-state index is 0. The maximum Gasteiger partial charge on any atom is 1.00 e. The van der Waals surface area contributed by atoms with E-state index in [1.54, 1.807) is 6.07 Å². The van der Waals surface area contributed by atoms with E-state index in [9.17, 15) is 40.3 Å². The van der Waals surface area contributed by atoms with Gasteiger partial charge in [0.25, 0.3) is 11.8 Å². The standard InChI is InChI=1S/C64H71N3O9S2.2Na/c1-7-8-9-37-65-54-31-23-48-41-43(2)17-29-52(48)61(54)63(3,4)56(65)33-25-45-14-12-15-46(60(45)47-21-18-44(19-22-47)20-27-50(68)16-13-39-67-58(69)35-36-59(67)70)26-34-57-64(5,6)62-53-30-28-51(78(74,75)76)42-49(53)24-32-55(62)66(57)38-10-11-40-77(71,72)73;;/h17-19,21-26,28-36,41-42H,7-16,20,27,37-40H2,1-6H3,(H-,71,72,73,74,75,76);;/q;2*+1/p-1. The smallest absolute Gasteiger partial charge is 0.748 e. The minimum atomic E-state index is -4.70. The molecule has 12 nitrogen and oxygen atoms in total. The summed E-state index contributed by atoms with van der Waals surface area (Å²) in [5.74, 6) is -1.09. The van der Waals surface area contributed by atoms with Crippen molar-refractivity contribution in [2.45, 2.75) is 134 Å². The Labute approximate surface area is 516 Å². The summed E-state index contributed by atoms with van der Waals surface area (Å²) in [4.78, 5) is 40.1. The second-order valence-corrected chi connectivity index (χ2v) is 25.3. The molecule has 0 saturated heterocycles. The first kappa shape index (κ1) is 63.0. The van der Waals surface area contributed by atoms with Gasteiger partial charge < -0.3 is 14.0 Å². The normalized spacial score (nSPS) is 17.9. The first-order valence-electron chi connectivity index (χ1n) is 27.5. The molecule has 0 saturated carbocycles.